The van der Waals surface area contributed by atoms with Crippen molar-refractivity contribution in [1.29, 1.82) is 0 Å². The van der Waals surface area contributed by atoms with Gasteiger partial charge in [-0.1, -0.05) is 19.4 Å². The average Bonchev–Trinajstić information content (AvgIpc) is 2.37. The predicted octanol–water partition coefficient (Wildman–Crippen LogP) is 1.79. The molecule has 0 aliphatic heterocycles. The summed E-state index contributed by atoms with van der Waals surface area (Å²) in [5, 5.41) is 9.07. The van der Waals surface area contributed by atoms with Crippen LogP contribution in [0.25, 0.3) is 0 Å². The minimum absolute atomic E-state index is 0.367. The van der Waals surface area contributed by atoms with Crippen molar-refractivity contribution in [3.8, 4) is 11.5 Å². The quantitative estimate of drug-likeness (QED) is 0.774. The van der Waals surface area contributed by atoms with Crippen LogP contribution in [-0.4, -0.2) is 24.3 Å². The van der Waals surface area contributed by atoms with Crippen LogP contribution in [0.1, 0.15) is 25.3 Å². The number of carbonyl (C=O) groups is 1. The third-order valence-corrected chi connectivity index (χ3v) is 2.56. The summed E-state index contributed by atoms with van der Waals surface area (Å²) in [5.41, 5.74) is 6.41. The summed E-state index contributed by atoms with van der Waals surface area (Å²) in [6, 6.07) is 5.26. The van der Waals surface area contributed by atoms with Gasteiger partial charge in [-0.25, -0.2) is 4.79 Å². The van der Waals surface area contributed by atoms with E-state index < -0.39 is 12.1 Å². The van der Waals surface area contributed by atoms with Gasteiger partial charge in [0.15, 0.2) is 17.6 Å². The Morgan fingerprint density at radius 3 is 2.67 bits per heavy atom. The van der Waals surface area contributed by atoms with Crippen molar-refractivity contribution in [3.05, 3.63) is 23.8 Å². The third kappa shape index (κ3) is 3.63. The van der Waals surface area contributed by atoms with Crippen LogP contribution in [-0.2, 0) is 11.3 Å². The van der Waals surface area contributed by atoms with Gasteiger partial charge < -0.3 is 20.3 Å². The summed E-state index contributed by atoms with van der Waals surface area (Å²) in [6.07, 6.45) is 0.318. The van der Waals surface area contributed by atoms with Crippen molar-refractivity contribution in [2.24, 2.45) is 5.73 Å². The predicted molar refractivity (Wildman–Crippen MR) is 67.8 cm³/mol. The molecule has 0 bridgehead atoms. The number of carboxylic acids is 1. The Hall–Kier alpha value is -1.75. The molecule has 0 radical (unpaired) electrons. The summed E-state index contributed by atoms with van der Waals surface area (Å²) < 4.78 is 10.6. The molecule has 0 fully saturated rings. The largest absolute Gasteiger partial charge is 0.493 e. The van der Waals surface area contributed by atoms with E-state index in [1.165, 1.54) is 7.11 Å². The number of nitrogens with two attached hydrogens (primary N) is 1. The fourth-order valence-corrected chi connectivity index (χ4v) is 1.59. The molecule has 1 aromatic rings. The molecule has 1 unspecified atom stereocenters. The number of hydrogen-bond donors (Lipinski definition) is 2. The molecule has 0 aliphatic carbocycles. The van der Waals surface area contributed by atoms with Crippen molar-refractivity contribution in [1.82, 2.24) is 0 Å². The molecule has 3 N–H and O–H groups in total. The molecule has 0 spiro atoms. The second-order valence-electron chi connectivity index (χ2n) is 3.92. The lowest BCUT2D eigenvalue weighted by molar-refractivity contribution is -0.145. The summed E-state index contributed by atoms with van der Waals surface area (Å²) in [5.74, 6) is -0.0482. The molecule has 1 atom stereocenters. The van der Waals surface area contributed by atoms with E-state index in [9.17, 15) is 4.79 Å². The van der Waals surface area contributed by atoms with Crippen molar-refractivity contribution in [2.75, 3.05) is 7.11 Å². The van der Waals surface area contributed by atoms with Crippen LogP contribution in [0.5, 0.6) is 11.5 Å². The number of aliphatic carboxylic acids is 1. The van der Waals surface area contributed by atoms with Gasteiger partial charge in [-0.05, 0) is 24.1 Å². The molecule has 0 saturated carbocycles. The lowest BCUT2D eigenvalue weighted by Gasteiger charge is -2.17. The molecule has 0 saturated heterocycles. The van der Waals surface area contributed by atoms with Crippen LogP contribution in [0.4, 0.5) is 0 Å². The Kier molecular flexibility index (Phi) is 5.45. The van der Waals surface area contributed by atoms with Crippen molar-refractivity contribution >= 4 is 5.97 Å². The van der Waals surface area contributed by atoms with E-state index in [0.29, 0.717) is 24.5 Å². The van der Waals surface area contributed by atoms with E-state index in [1.54, 1.807) is 12.1 Å². The third-order valence-electron chi connectivity index (χ3n) is 2.56. The summed E-state index contributed by atoms with van der Waals surface area (Å²) >= 11 is 0. The highest BCUT2D eigenvalue weighted by molar-refractivity contribution is 5.72. The highest BCUT2D eigenvalue weighted by Crippen LogP contribution is 2.29. The normalized spacial score (nSPS) is 11.9. The zero-order chi connectivity index (χ0) is 13.5. The molecule has 100 valence electrons. The highest BCUT2D eigenvalue weighted by Gasteiger charge is 2.20. The topological polar surface area (TPSA) is 81.8 Å². The zero-order valence-corrected chi connectivity index (χ0v) is 10.7. The highest BCUT2D eigenvalue weighted by atomic mass is 16.5. The van der Waals surface area contributed by atoms with E-state index in [4.69, 9.17) is 20.3 Å². The second kappa shape index (κ2) is 6.86. The monoisotopic (exact) mass is 253 g/mol. The SMILES string of the molecule is CCCC(Oc1cc(CN)ccc1OC)C(=O)O. The van der Waals surface area contributed by atoms with Crippen molar-refractivity contribution < 1.29 is 19.4 Å². The van der Waals surface area contributed by atoms with Crippen LogP contribution in [0.2, 0.25) is 0 Å². The van der Waals surface area contributed by atoms with Gasteiger partial charge in [0, 0.05) is 6.54 Å². The Labute approximate surface area is 107 Å². The number of carboxylic acid groups (broad SMARTS) is 1. The first kappa shape index (κ1) is 14.3. The molecule has 1 aromatic carbocycles. The number of rotatable bonds is 7. The van der Waals surface area contributed by atoms with Crippen LogP contribution >= 0.6 is 0 Å². The number of methoxy groups -OCH3 is 1. The van der Waals surface area contributed by atoms with E-state index in [-0.39, 0.29) is 0 Å². The van der Waals surface area contributed by atoms with E-state index in [1.807, 2.05) is 13.0 Å². The van der Waals surface area contributed by atoms with E-state index >= 15 is 0 Å². The summed E-state index contributed by atoms with van der Waals surface area (Å²) in [7, 11) is 1.51. The lowest BCUT2D eigenvalue weighted by atomic mass is 10.2. The van der Waals surface area contributed by atoms with Gasteiger partial charge in [-0.15, -0.1) is 0 Å². The molecule has 0 amide bonds. The summed E-state index contributed by atoms with van der Waals surface area (Å²) in [6.45, 7) is 2.28. The first-order chi connectivity index (χ1) is 8.62. The molecule has 0 heterocycles. The second-order valence-corrected chi connectivity index (χ2v) is 3.92. The van der Waals surface area contributed by atoms with Gasteiger partial charge in [0.25, 0.3) is 0 Å². The summed E-state index contributed by atoms with van der Waals surface area (Å²) in [4.78, 5) is 11.1. The Balaban J connectivity index is 2.95. The molecule has 0 aromatic heterocycles. The fraction of sp³-hybridized carbons (Fsp3) is 0.462. The number of benzene rings is 1. The number of hydrogen-bond acceptors (Lipinski definition) is 4. The maximum atomic E-state index is 11.1. The molecular formula is C13H19NO4. The zero-order valence-electron chi connectivity index (χ0n) is 10.7. The van der Waals surface area contributed by atoms with Gasteiger partial charge in [0.05, 0.1) is 7.11 Å². The molecule has 5 nitrogen and oxygen atoms in total. The van der Waals surface area contributed by atoms with Gasteiger partial charge in [-0.3, -0.25) is 0 Å². The Morgan fingerprint density at radius 2 is 2.17 bits per heavy atom. The van der Waals surface area contributed by atoms with Crippen molar-refractivity contribution in [2.45, 2.75) is 32.4 Å². The Morgan fingerprint density at radius 1 is 1.44 bits per heavy atom. The molecule has 18 heavy (non-hydrogen) atoms. The maximum Gasteiger partial charge on any atom is 0.344 e. The minimum atomic E-state index is -0.975. The van der Waals surface area contributed by atoms with Crippen LogP contribution in [0.15, 0.2) is 18.2 Å². The maximum absolute atomic E-state index is 11.1. The van der Waals surface area contributed by atoms with Gasteiger partial charge >= 0.3 is 5.97 Å². The fourth-order valence-electron chi connectivity index (χ4n) is 1.59. The molecule has 5 heteroatoms. The average molecular weight is 253 g/mol. The van der Waals surface area contributed by atoms with Gasteiger partial charge in [0.2, 0.25) is 0 Å². The number of ether oxygens (including phenoxy) is 2. The first-order valence-corrected chi connectivity index (χ1v) is 5.88. The van der Waals surface area contributed by atoms with E-state index in [0.717, 1.165) is 12.0 Å². The minimum Gasteiger partial charge on any atom is -0.493 e. The lowest BCUT2D eigenvalue weighted by Crippen LogP contribution is -2.27. The van der Waals surface area contributed by atoms with Crippen molar-refractivity contribution in [3.63, 3.8) is 0 Å². The van der Waals surface area contributed by atoms with E-state index in [2.05, 4.69) is 0 Å². The van der Waals surface area contributed by atoms with Gasteiger partial charge in [0.1, 0.15) is 0 Å². The van der Waals surface area contributed by atoms with Gasteiger partial charge in [-0.2, -0.15) is 0 Å². The Bertz CT molecular complexity index is 406. The molecule has 1 rings (SSSR count). The van der Waals surface area contributed by atoms with Crippen LogP contribution < -0.4 is 15.2 Å². The van der Waals surface area contributed by atoms with Crippen LogP contribution in [0, 0.1) is 0 Å². The standard InChI is InChI=1S/C13H19NO4/c1-3-4-11(13(15)16)18-12-7-9(8-14)5-6-10(12)17-2/h5-7,11H,3-4,8,14H2,1-2H3,(H,15,16). The van der Waals surface area contributed by atoms with Crippen LogP contribution in [0.3, 0.4) is 0 Å². The first-order valence-electron chi connectivity index (χ1n) is 5.88. The molecule has 0 aliphatic rings. The smallest absolute Gasteiger partial charge is 0.344 e. The molecular weight excluding hydrogens is 234 g/mol.